The van der Waals surface area contributed by atoms with Gasteiger partial charge >= 0.3 is 0 Å². The van der Waals surface area contributed by atoms with E-state index in [0.29, 0.717) is 24.3 Å². The highest BCUT2D eigenvalue weighted by Gasteiger charge is 2.21. The molecule has 0 aromatic heterocycles. The Morgan fingerprint density at radius 1 is 1.22 bits per heavy atom. The van der Waals surface area contributed by atoms with Crippen LogP contribution in [-0.2, 0) is 9.59 Å². The topological polar surface area (TPSA) is 63.4 Å². The number of hydrazine groups is 1. The lowest BCUT2D eigenvalue weighted by atomic mass is 10.1. The molecule has 0 aromatic rings. The van der Waals surface area contributed by atoms with Gasteiger partial charge in [0.15, 0.2) is 0 Å². The first-order valence-electron chi connectivity index (χ1n) is 2.82. The molecular formula is C5H8N2O2. The first-order chi connectivity index (χ1) is 4.22. The molecule has 1 rings (SSSR count). The second-order valence-electron chi connectivity index (χ2n) is 2.01. The largest absolute Gasteiger partial charge is 0.273 e. The van der Waals surface area contributed by atoms with Crippen LogP contribution in [0.5, 0.6) is 0 Å². The molecule has 0 spiro atoms. The van der Waals surface area contributed by atoms with E-state index in [1.807, 2.05) is 0 Å². The fourth-order valence-corrected chi connectivity index (χ4v) is 0.771. The van der Waals surface area contributed by atoms with Crippen molar-refractivity contribution in [3.8, 4) is 0 Å². The summed E-state index contributed by atoms with van der Waals surface area (Å²) in [6.07, 6.45) is 1.45. The molecule has 0 saturated carbocycles. The first-order valence-corrected chi connectivity index (χ1v) is 2.82. The van der Waals surface area contributed by atoms with E-state index < -0.39 is 0 Å². The van der Waals surface area contributed by atoms with E-state index in [4.69, 9.17) is 5.84 Å². The van der Waals surface area contributed by atoms with Gasteiger partial charge in [-0.3, -0.25) is 9.59 Å². The minimum atomic E-state index is -0.272. The maximum Gasteiger partial charge on any atom is 0.243 e. The molecule has 1 aliphatic rings. The van der Waals surface area contributed by atoms with E-state index in [1.165, 1.54) is 0 Å². The SMILES string of the molecule is NN1C(=O)CCCC1=O. The molecule has 4 nitrogen and oxygen atoms in total. The van der Waals surface area contributed by atoms with Crippen molar-refractivity contribution in [2.45, 2.75) is 19.3 Å². The summed E-state index contributed by atoms with van der Waals surface area (Å²) in [5.41, 5.74) is 0. The molecule has 4 heteroatoms. The second-order valence-corrected chi connectivity index (χ2v) is 2.01. The van der Waals surface area contributed by atoms with Crippen molar-refractivity contribution >= 4 is 11.8 Å². The molecule has 1 aliphatic heterocycles. The third kappa shape index (κ3) is 1.08. The van der Waals surface area contributed by atoms with Crippen LogP contribution in [0, 0.1) is 0 Å². The van der Waals surface area contributed by atoms with Crippen LogP contribution in [0.3, 0.4) is 0 Å². The Bertz CT molecular complexity index is 139. The molecule has 1 heterocycles. The van der Waals surface area contributed by atoms with E-state index in [2.05, 4.69) is 0 Å². The molecule has 0 aromatic carbocycles. The van der Waals surface area contributed by atoms with Crippen molar-refractivity contribution in [2.75, 3.05) is 0 Å². The smallest absolute Gasteiger partial charge is 0.243 e. The van der Waals surface area contributed by atoms with Gasteiger partial charge in [0.2, 0.25) is 11.8 Å². The molecule has 0 unspecified atom stereocenters. The second kappa shape index (κ2) is 2.14. The zero-order valence-electron chi connectivity index (χ0n) is 4.96. The summed E-state index contributed by atoms with van der Waals surface area (Å²) >= 11 is 0. The van der Waals surface area contributed by atoms with Crippen molar-refractivity contribution in [1.29, 1.82) is 0 Å². The third-order valence-electron chi connectivity index (χ3n) is 1.32. The van der Waals surface area contributed by atoms with Crippen molar-refractivity contribution in [2.24, 2.45) is 5.84 Å². The highest BCUT2D eigenvalue weighted by atomic mass is 16.2. The minimum Gasteiger partial charge on any atom is -0.273 e. The van der Waals surface area contributed by atoms with Crippen LogP contribution in [0.15, 0.2) is 0 Å². The number of rotatable bonds is 0. The molecule has 0 aliphatic carbocycles. The number of hydrogen-bond acceptors (Lipinski definition) is 3. The van der Waals surface area contributed by atoms with Gasteiger partial charge in [-0.25, -0.2) is 10.9 Å². The standard InChI is InChI=1S/C5H8N2O2/c6-7-4(8)2-1-3-5(7)9/h1-3,6H2. The van der Waals surface area contributed by atoms with Crippen LogP contribution in [0.4, 0.5) is 0 Å². The van der Waals surface area contributed by atoms with E-state index in [1.54, 1.807) is 0 Å². The number of imide groups is 1. The number of hydrogen-bond donors (Lipinski definition) is 1. The molecule has 1 fully saturated rings. The summed E-state index contributed by atoms with van der Waals surface area (Å²) in [4.78, 5) is 21.2. The third-order valence-corrected chi connectivity index (χ3v) is 1.32. The van der Waals surface area contributed by atoms with Crippen molar-refractivity contribution < 1.29 is 9.59 Å². The Balaban J connectivity index is 2.62. The Labute approximate surface area is 52.6 Å². The molecular weight excluding hydrogens is 120 g/mol. The Morgan fingerprint density at radius 3 is 2.00 bits per heavy atom. The fourth-order valence-electron chi connectivity index (χ4n) is 0.771. The first kappa shape index (κ1) is 6.22. The minimum absolute atomic E-state index is 0.272. The monoisotopic (exact) mass is 128 g/mol. The van der Waals surface area contributed by atoms with Gasteiger partial charge < -0.3 is 0 Å². The van der Waals surface area contributed by atoms with Gasteiger partial charge in [0.1, 0.15) is 0 Å². The number of amides is 2. The average Bonchev–Trinajstić information content (AvgIpc) is 1.83. The quantitative estimate of drug-likeness (QED) is 0.269. The molecule has 1 saturated heterocycles. The van der Waals surface area contributed by atoms with Crippen molar-refractivity contribution in [3.63, 3.8) is 0 Å². The molecule has 0 atom stereocenters. The van der Waals surface area contributed by atoms with E-state index in [9.17, 15) is 9.59 Å². The normalized spacial score (nSPS) is 20.8. The molecule has 50 valence electrons. The van der Waals surface area contributed by atoms with Gasteiger partial charge in [-0.05, 0) is 6.42 Å². The van der Waals surface area contributed by atoms with Gasteiger partial charge in [-0.2, -0.15) is 0 Å². The molecule has 2 N–H and O–H groups in total. The maximum atomic E-state index is 10.6. The predicted octanol–water partition coefficient (Wildman–Crippen LogP) is -0.601. The lowest BCUT2D eigenvalue weighted by molar-refractivity contribution is -0.148. The van der Waals surface area contributed by atoms with Crippen LogP contribution in [0.25, 0.3) is 0 Å². The van der Waals surface area contributed by atoms with Gasteiger partial charge in [-0.1, -0.05) is 0 Å². The predicted molar refractivity (Wildman–Crippen MR) is 29.9 cm³/mol. The highest BCUT2D eigenvalue weighted by molar-refractivity contribution is 5.96. The van der Waals surface area contributed by atoms with Crippen LogP contribution in [0.1, 0.15) is 19.3 Å². The van der Waals surface area contributed by atoms with E-state index in [-0.39, 0.29) is 11.8 Å². The highest BCUT2D eigenvalue weighted by Crippen LogP contribution is 2.07. The van der Waals surface area contributed by atoms with Gasteiger partial charge in [0.25, 0.3) is 0 Å². The molecule has 0 radical (unpaired) electrons. The van der Waals surface area contributed by atoms with Gasteiger partial charge in [0.05, 0.1) is 0 Å². The number of nitrogens with zero attached hydrogens (tertiary/aromatic N) is 1. The summed E-state index contributed by atoms with van der Waals surface area (Å²) < 4.78 is 0. The summed E-state index contributed by atoms with van der Waals surface area (Å²) in [5.74, 6) is 4.51. The van der Waals surface area contributed by atoms with Gasteiger partial charge in [-0.15, -0.1) is 0 Å². The number of carbonyl (C=O) groups excluding carboxylic acids is 2. The lowest BCUT2D eigenvalue weighted by Crippen LogP contribution is -2.45. The van der Waals surface area contributed by atoms with Crippen LogP contribution in [-0.4, -0.2) is 16.8 Å². The summed E-state index contributed by atoms with van der Waals surface area (Å²) in [7, 11) is 0. The zero-order valence-corrected chi connectivity index (χ0v) is 4.96. The zero-order chi connectivity index (χ0) is 6.85. The number of piperidine rings is 1. The summed E-state index contributed by atoms with van der Waals surface area (Å²) in [6.45, 7) is 0. The number of nitrogens with two attached hydrogens (primary N) is 1. The van der Waals surface area contributed by atoms with Gasteiger partial charge in [0, 0.05) is 12.8 Å². The molecule has 9 heavy (non-hydrogen) atoms. The molecule has 0 bridgehead atoms. The Hall–Kier alpha value is -0.900. The maximum absolute atomic E-state index is 10.6. The Morgan fingerprint density at radius 2 is 1.67 bits per heavy atom. The van der Waals surface area contributed by atoms with Crippen LogP contribution in [0.2, 0.25) is 0 Å². The van der Waals surface area contributed by atoms with Crippen LogP contribution >= 0.6 is 0 Å². The van der Waals surface area contributed by atoms with Crippen LogP contribution < -0.4 is 5.84 Å². The van der Waals surface area contributed by atoms with Crippen molar-refractivity contribution in [1.82, 2.24) is 5.01 Å². The lowest BCUT2D eigenvalue weighted by Gasteiger charge is -2.18. The average molecular weight is 128 g/mol. The summed E-state index contributed by atoms with van der Waals surface area (Å²) in [6, 6.07) is 0. The number of carbonyl (C=O) groups is 2. The van der Waals surface area contributed by atoms with E-state index in [0.717, 1.165) is 0 Å². The Kier molecular flexibility index (Phi) is 1.48. The summed E-state index contributed by atoms with van der Waals surface area (Å²) in [5, 5.41) is 0.698. The van der Waals surface area contributed by atoms with E-state index >= 15 is 0 Å². The van der Waals surface area contributed by atoms with Crippen molar-refractivity contribution in [3.05, 3.63) is 0 Å². The fraction of sp³-hybridized carbons (Fsp3) is 0.600. The molecule has 2 amide bonds.